The smallest absolute Gasteiger partial charge is 0.163 e. The minimum atomic E-state index is 0.287. The Labute approximate surface area is 146 Å². The van der Waals surface area contributed by atoms with Crippen LogP contribution in [-0.4, -0.2) is 22.8 Å². The van der Waals surface area contributed by atoms with Crippen LogP contribution in [0.4, 0.5) is 0 Å². The Morgan fingerprint density at radius 3 is 2.75 bits per heavy atom. The lowest BCUT2D eigenvalue weighted by molar-refractivity contribution is 0.201. The molecule has 5 heteroatoms. The summed E-state index contributed by atoms with van der Waals surface area (Å²) in [6, 6.07) is 9.94. The summed E-state index contributed by atoms with van der Waals surface area (Å²) in [5, 5.41) is 1.91. The normalized spacial score (nSPS) is 15.1. The number of aromatic nitrogens is 2. The molecule has 0 bridgehead atoms. The van der Waals surface area contributed by atoms with E-state index in [-0.39, 0.29) is 6.10 Å². The van der Waals surface area contributed by atoms with E-state index in [9.17, 15) is 0 Å². The van der Waals surface area contributed by atoms with Gasteiger partial charge < -0.3 is 14.0 Å². The van der Waals surface area contributed by atoms with Crippen molar-refractivity contribution in [2.75, 3.05) is 7.11 Å². The van der Waals surface area contributed by atoms with Crippen LogP contribution in [-0.2, 0) is 0 Å². The van der Waals surface area contributed by atoms with Gasteiger partial charge in [-0.05, 0) is 49.9 Å². The van der Waals surface area contributed by atoms with Crippen molar-refractivity contribution in [3.63, 3.8) is 0 Å². The zero-order chi connectivity index (χ0) is 16.5. The molecule has 1 aliphatic carbocycles. The van der Waals surface area contributed by atoms with Gasteiger partial charge in [-0.25, -0.2) is 0 Å². The summed E-state index contributed by atoms with van der Waals surface area (Å²) < 4.78 is 13.7. The summed E-state index contributed by atoms with van der Waals surface area (Å²) in [6.45, 7) is 0. The zero-order valence-corrected chi connectivity index (χ0v) is 14.5. The summed E-state index contributed by atoms with van der Waals surface area (Å²) in [5.41, 5.74) is 1.92. The van der Waals surface area contributed by atoms with Crippen molar-refractivity contribution in [2.45, 2.75) is 36.8 Å². The van der Waals surface area contributed by atoms with Crippen LogP contribution in [0.2, 0.25) is 0 Å². The fourth-order valence-electron chi connectivity index (χ4n) is 3.31. The molecule has 0 unspecified atom stereocenters. The Balaban J connectivity index is 1.75. The Bertz CT molecular complexity index is 869. The van der Waals surface area contributed by atoms with E-state index in [0.717, 1.165) is 46.0 Å². The average Bonchev–Trinajstić information content (AvgIpc) is 3.23. The third-order valence-electron chi connectivity index (χ3n) is 4.58. The molecule has 1 saturated carbocycles. The van der Waals surface area contributed by atoms with Crippen LogP contribution in [0.3, 0.4) is 0 Å². The first-order valence-corrected chi connectivity index (χ1v) is 8.71. The van der Waals surface area contributed by atoms with Gasteiger partial charge in [0.2, 0.25) is 0 Å². The summed E-state index contributed by atoms with van der Waals surface area (Å²) in [6.07, 6.45) is 8.78. The minimum absolute atomic E-state index is 0.287. The average molecular weight is 340 g/mol. The van der Waals surface area contributed by atoms with Crippen molar-refractivity contribution < 1.29 is 9.47 Å². The Morgan fingerprint density at radius 1 is 1.17 bits per heavy atom. The predicted octanol–water partition coefficient (Wildman–Crippen LogP) is 4.64. The standard InChI is InChI=1S/C19H20N2O2S/c1-22-17-9-8-13(11-18(17)23-14-5-2-3-6-14)21-12-16-15(19(21)24)7-4-10-20-16/h4,7-12,14,24H,2-3,5-6H2,1H3. The highest BCUT2D eigenvalue weighted by Crippen LogP contribution is 2.35. The van der Waals surface area contributed by atoms with Gasteiger partial charge in [-0.15, -0.1) is 12.6 Å². The first-order chi connectivity index (χ1) is 11.8. The van der Waals surface area contributed by atoms with E-state index < -0.39 is 0 Å². The highest BCUT2D eigenvalue weighted by atomic mass is 32.1. The molecule has 4 nitrogen and oxygen atoms in total. The summed E-state index contributed by atoms with van der Waals surface area (Å²) in [7, 11) is 1.68. The van der Waals surface area contributed by atoms with E-state index in [1.165, 1.54) is 12.8 Å². The molecule has 0 atom stereocenters. The number of ether oxygens (including phenoxy) is 2. The van der Waals surface area contributed by atoms with Crippen molar-refractivity contribution in [3.8, 4) is 17.2 Å². The molecule has 2 aromatic heterocycles. The maximum absolute atomic E-state index is 6.19. The molecular formula is C19H20N2O2S. The van der Waals surface area contributed by atoms with Gasteiger partial charge in [0, 0.05) is 23.8 Å². The molecule has 24 heavy (non-hydrogen) atoms. The quantitative estimate of drug-likeness (QED) is 0.703. The predicted molar refractivity (Wildman–Crippen MR) is 97.8 cm³/mol. The largest absolute Gasteiger partial charge is 0.493 e. The second kappa shape index (κ2) is 6.40. The maximum Gasteiger partial charge on any atom is 0.163 e. The van der Waals surface area contributed by atoms with Gasteiger partial charge in [-0.1, -0.05) is 0 Å². The Hall–Kier alpha value is -2.14. The van der Waals surface area contributed by atoms with Crippen LogP contribution < -0.4 is 9.47 Å². The molecule has 1 aliphatic rings. The van der Waals surface area contributed by atoms with Gasteiger partial charge in [0.1, 0.15) is 0 Å². The number of thiol groups is 1. The van der Waals surface area contributed by atoms with Crippen molar-refractivity contribution in [2.24, 2.45) is 0 Å². The van der Waals surface area contributed by atoms with Crippen molar-refractivity contribution in [1.82, 2.24) is 9.55 Å². The van der Waals surface area contributed by atoms with Gasteiger partial charge in [0.05, 0.1) is 29.4 Å². The lowest BCUT2D eigenvalue weighted by atomic mass is 10.2. The topological polar surface area (TPSA) is 36.3 Å². The molecular weight excluding hydrogens is 320 g/mol. The van der Waals surface area contributed by atoms with Crippen LogP contribution in [0, 0.1) is 0 Å². The first kappa shape index (κ1) is 15.4. The molecule has 0 spiro atoms. The maximum atomic E-state index is 6.19. The highest BCUT2D eigenvalue weighted by molar-refractivity contribution is 7.80. The monoisotopic (exact) mass is 340 g/mol. The van der Waals surface area contributed by atoms with Crippen molar-refractivity contribution in [1.29, 1.82) is 0 Å². The van der Waals surface area contributed by atoms with Crippen LogP contribution in [0.5, 0.6) is 11.5 Å². The van der Waals surface area contributed by atoms with Gasteiger partial charge >= 0.3 is 0 Å². The van der Waals surface area contributed by atoms with E-state index in [4.69, 9.17) is 9.47 Å². The fourth-order valence-corrected chi connectivity index (χ4v) is 3.67. The van der Waals surface area contributed by atoms with Gasteiger partial charge in [-0.3, -0.25) is 4.98 Å². The molecule has 0 saturated heterocycles. The summed E-state index contributed by atoms with van der Waals surface area (Å²) >= 11 is 4.68. The molecule has 1 aromatic carbocycles. The number of hydrogen-bond acceptors (Lipinski definition) is 4. The van der Waals surface area contributed by atoms with Crippen molar-refractivity contribution in [3.05, 3.63) is 42.7 Å². The molecule has 0 radical (unpaired) electrons. The second-order valence-corrected chi connectivity index (χ2v) is 6.54. The van der Waals surface area contributed by atoms with Crippen LogP contribution in [0.15, 0.2) is 47.8 Å². The number of benzene rings is 1. The third-order valence-corrected chi connectivity index (χ3v) is 5.04. The molecule has 3 aromatic rings. The fraction of sp³-hybridized carbons (Fsp3) is 0.316. The van der Waals surface area contributed by atoms with E-state index in [2.05, 4.69) is 17.6 Å². The Morgan fingerprint density at radius 2 is 2.00 bits per heavy atom. The summed E-state index contributed by atoms with van der Waals surface area (Å²) in [5.74, 6) is 1.56. The van der Waals surface area contributed by atoms with Crippen molar-refractivity contribution >= 4 is 23.5 Å². The molecule has 0 amide bonds. The summed E-state index contributed by atoms with van der Waals surface area (Å²) in [4.78, 5) is 4.40. The van der Waals surface area contributed by atoms with Gasteiger partial charge in [0.25, 0.3) is 0 Å². The number of rotatable bonds is 4. The van der Waals surface area contributed by atoms with Gasteiger partial charge in [-0.2, -0.15) is 0 Å². The second-order valence-electron chi connectivity index (χ2n) is 6.12. The van der Waals surface area contributed by atoms with E-state index in [1.54, 1.807) is 13.3 Å². The van der Waals surface area contributed by atoms with Crippen LogP contribution >= 0.6 is 12.6 Å². The molecule has 2 heterocycles. The SMILES string of the molecule is COc1ccc(-n2cc3ncccc3c2S)cc1OC1CCCC1. The lowest BCUT2D eigenvalue weighted by Crippen LogP contribution is -2.12. The zero-order valence-electron chi connectivity index (χ0n) is 13.6. The lowest BCUT2D eigenvalue weighted by Gasteiger charge is -2.17. The van der Waals surface area contributed by atoms with E-state index >= 15 is 0 Å². The number of pyridine rings is 1. The number of nitrogens with zero attached hydrogens (tertiary/aromatic N) is 2. The number of fused-ring (bicyclic) bond motifs is 1. The minimum Gasteiger partial charge on any atom is -0.493 e. The van der Waals surface area contributed by atoms with Crippen LogP contribution in [0.1, 0.15) is 25.7 Å². The highest BCUT2D eigenvalue weighted by Gasteiger charge is 2.19. The Kier molecular flexibility index (Phi) is 4.10. The molecule has 1 fully saturated rings. The molecule has 124 valence electrons. The molecule has 0 aliphatic heterocycles. The van der Waals surface area contributed by atoms with E-state index in [1.807, 2.05) is 41.1 Å². The molecule has 0 N–H and O–H groups in total. The number of methoxy groups -OCH3 is 1. The molecule has 4 rings (SSSR count). The first-order valence-electron chi connectivity index (χ1n) is 8.26. The third kappa shape index (κ3) is 2.73. The van der Waals surface area contributed by atoms with Crippen LogP contribution in [0.25, 0.3) is 16.6 Å². The van der Waals surface area contributed by atoms with E-state index in [0.29, 0.717) is 0 Å². The number of hydrogen-bond donors (Lipinski definition) is 1. The van der Waals surface area contributed by atoms with Gasteiger partial charge in [0.15, 0.2) is 11.5 Å².